The molecule has 1 unspecified atom stereocenters. The summed E-state index contributed by atoms with van der Waals surface area (Å²) in [4.78, 5) is 26.5. The minimum absolute atomic E-state index is 0.0340. The molecule has 0 spiro atoms. The lowest BCUT2D eigenvalue weighted by Crippen LogP contribution is -2.52. The van der Waals surface area contributed by atoms with Crippen molar-refractivity contribution in [3.8, 4) is 0 Å². The second kappa shape index (κ2) is 16.0. The predicted octanol–water partition coefficient (Wildman–Crippen LogP) is 4.03. The third-order valence-corrected chi connectivity index (χ3v) is 10.9. The molecular formula is C32H54N2O6S. The lowest BCUT2D eigenvalue weighted by atomic mass is 9.82. The summed E-state index contributed by atoms with van der Waals surface area (Å²) in [5.41, 5.74) is 0.863. The summed E-state index contributed by atoms with van der Waals surface area (Å²) >= 11 is 0. The smallest absolute Gasteiger partial charge is 0.224 e. The molecule has 0 bridgehead atoms. The molecular weight excluding hydrogens is 540 g/mol. The second-order valence-electron chi connectivity index (χ2n) is 13.5. The Morgan fingerprint density at radius 1 is 0.976 bits per heavy atom. The van der Waals surface area contributed by atoms with E-state index in [4.69, 9.17) is 0 Å². The Morgan fingerprint density at radius 3 is 2.15 bits per heavy atom. The van der Waals surface area contributed by atoms with Crippen LogP contribution in [0, 0.1) is 23.7 Å². The molecule has 0 aliphatic heterocycles. The number of carbonyl (C=O) groups excluding carboxylic acids is 2. The Bertz CT molecular complexity index is 1050. The first kappa shape index (κ1) is 35.2. The summed E-state index contributed by atoms with van der Waals surface area (Å²) < 4.78 is 25.0. The zero-order valence-electron chi connectivity index (χ0n) is 25.9. The number of hydrogen-bond donors (Lipinski definition) is 4. The van der Waals surface area contributed by atoms with Gasteiger partial charge in [-0.1, -0.05) is 83.2 Å². The van der Waals surface area contributed by atoms with Gasteiger partial charge in [0.05, 0.1) is 34.5 Å². The Kier molecular flexibility index (Phi) is 13.8. The van der Waals surface area contributed by atoms with E-state index >= 15 is 0 Å². The van der Waals surface area contributed by atoms with Crippen LogP contribution < -0.4 is 10.6 Å². The lowest BCUT2D eigenvalue weighted by molar-refractivity contribution is -0.128. The molecule has 1 fully saturated rings. The predicted molar refractivity (Wildman–Crippen MR) is 164 cm³/mol. The Balaban J connectivity index is 2.08. The van der Waals surface area contributed by atoms with Gasteiger partial charge in [0.15, 0.2) is 9.84 Å². The van der Waals surface area contributed by atoms with Gasteiger partial charge in [0.2, 0.25) is 11.8 Å². The zero-order chi connectivity index (χ0) is 30.8. The average molecular weight is 595 g/mol. The maximum atomic E-state index is 13.3. The highest BCUT2D eigenvalue weighted by Gasteiger charge is 2.35. The van der Waals surface area contributed by atoms with E-state index in [1.807, 2.05) is 44.2 Å². The third kappa shape index (κ3) is 11.7. The van der Waals surface area contributed by atoms with E-state index in [2.05, 4.69) is 10.6 Å². The van der Waals surface area contributed by atoms with Gasteiger partial charge in [-0.25, -0.2) is 8.42 Å². The second-order valence-corrected chi connectivity index (χ2v) is 16.3. The van der Waals surface area contributed by atoms with E-state index in [-0.39, 0.29) is 30.5 Å². The van der Waals surface area contributed by atoms with Gasteiger partial charge in [-0.3, -0.25) is 9.59 Å². The molecule has 1 aromatic rings. The molecule has 1 saturated carbocycles. The van der Waals surface area contributed by atoms with Crippen molar-refractivity contribution in [1.29, 1.82) is 0 Å². The number of hydrogen-bond acceptors (Lipinski definition) is 6. The molecule has 1 aromatic carbocycles. The number of aliphatic hydroxyl groups is 2. The van der Waals surface area contributed by atoms with Crippen LogP contribution in [0.5, 0.6) is 0 Å². The molecule has 0 aromatic heterocycles. The summed E-state index contributed by atoms with van der Waals surface area (Å²) in [6.07, 6.45) is 4.84. The monoisotopic (exact) mass is 594 g/mol. The fraction of sp³-hybridized carbons (Fsp3) is 0.750. The summed E-state index contributed by atoms with van der Waals surface area (Å²) in [6, 6.07) is 8.72. The van der Waals surface area contributed by atoms with Crippen LogP contribution in [0.3, 0.4) is 0 Å². The molecule has 8 nitrogen and oxygen atoms in total. The van der Waals surface area contributed by atoms with Crippen molar-refractivity contribution < 1.29 is 28.2 Å². The molecule has 0 radical (unpaired) electrons. The molecule has 41 heavy (non-hydrogen) atoms. The van der Waals surface area contributed by atoms with Gasteiger partial charge in [-0.15, -0.1) is 0 Å². The van der Waals surface area contributed by atoms with Crippen LogP contribution in [0.15, 0.2) is 30.3 Å². The van der Waals surface area contributed by atoms with Crippen molar-refractivity contribution in [2.24, 2.45) is 23.7 Å². The molecule has 1 aliphatic carbocycles. The van der Waals surface area contributed by atoms with E-state index in [0.29, 0.717) is 18.8 Å². The molecule has 4 N–H and O–H groups in total. The van der Waals surface area contributed by atoms with Crippen LogP contribution in [0.2, 0.25) is 0 Å². The van der Waals surface area contributed by atoms with E-state index in [1.54, 1.807) is 27.7 Å². The molecule has 2 amide bonds. The number of nitrogens with one attached hydrogen (secondary N) is 2. The largest absolute Gasteiger partial charge is 0.390 e. The molecule has 1 aliphatic rings. The first-order chi connectivity index (χ1) is 19.1. The number of sulfone groups is 1. The third-order valence-electron chi connectivity index (χ3n) is 8.24. The van der Waals surface area contributed by atoms with E-state index in [9.17, 15) is 28.2 Å². The van der Waals surface area contributed by atoms with E-state index in [0.717, 1.165) is 31.2 Å². The number of benzene rings is 1. The quantitative estimate of drug-likeness (QED) is 0.242. The normalized spacial score (nSPS) is 18.8. The molecule has 5 atom stereocenters. The number of amides is 2. The molecule has 0 heterocycles. The van der Waals surface area contributed by atoms with Crippen LogP contribution in [-0.2, 0) is 25.8 Å². The van der Waals surface area contributed by atoms with E-state index in [1.165, 1.54) is 6.42 Å². The first-order valence-electron chi connectivity index (χ1n) is 15.3. The highest BCUT2D eigenvalue weighted by molar-refractivity contribution is 7.92. The highest BCUT2D eigenvalue weighted by atomic mass is 32.2. The van der Waals surface area contributed by atoms with Gasteiger partial charge in [0, 0.05) is 6.54 Å². The van der Waals surface area contributed by atoms with Gasteiger partial charge >= 0.3 is 0 Å². The summed E-state index contributed by atoms with van der Waals surface area (Å²) in [5.74, 6) is -1.85. The number of aliphatic hydroxyl groups excluding tert-OH is 2. The van der Waals surface area contributed by atoms with Gasteiger partial charge in [0.1, 0.15) is 6.10 Å². The summed E-state index contributed by atoms with van der Waals surface area (Å²) in [6.45, 7) is 10.6. The van der Waals surface area contributed by atoms with Crippen LogP contribution in [-0.4, -0.2) is 65.7 Å². The fourth-order valence-electron chi connectivity index (χ4n) is 5.41. The van der Waals surface area contributed by atoms with Crippen LogP contribution in [0.1, 0.15) is 92.1 Å². The van der Waals surface area contributed by atoms with Gasteiger partial charge < -0.3 is 20.8 Å². The molecule has 234 valence electrons. The maximum Gasteiger partial charge on any atom is 0.224 e. The Morgan fingerprint density at radius 2 is 1.59 bits per heavy atom. The van der Waals surface area contributed by atoms with Gasteiger partial charge in [-0.05, 0) is 57.4 Å². The van der Waals surface area contributed by atoms with Crippen LogP contribution in [0.25, 0.3) is 0 Å². The fourth-order valence-corrected chi connectivity index (χ4v) is 6.71. The van der Waals surface area contributed by atoms with Gasteiger partial charge in [0.25, 0.3) is 0 Å². The summed E-state index contributed by atoms with van der Waals surface area (Å²) in [5, 5.41) is 27.4. The molecule has 2 rings (SSSR count). The topological polar surface area (TPSA) is 133 Å². The lowest BCUT2D eigenvalue weighted by Gasteiger charge is -2.33. The van der Waals surface area contributed by atoms with Gasteiger partial charge in [-0.2, -0.15) is 0 Å². The molecule has 0 saturated heterocycles. The minimum atomic E-state index is -3.57. The van der Waals surface area contributed by atoms with Crippen molar-refractivity contribution >= 4 is 21.7 Å². The number of carbonyl (C=O) groups is 2. The maximum absolute atomic E-state index is 13.3. The Hall–Kier alpha value is -1.97. The zero-order valence-corrected chi connectivity index (χ0v) is 26.8. The van der Waals surface area contributed by atoms with E-state index < -0.39 is 50.6 Å². The van der Waals surface area contributed by atoms with Crippen LogP contribution >= 0.6 is 0 Å². The standard InChI is InChI=1S/C32H54N2O6S/c1-22(2)17-28(35)29(36)27(19-25-15-11-8-12-16-25)34-30(37)23(3)20-33-31(38)26(18-24-13-9-7-10-14-24)21-41(39,40)32(4,5)6/h7,9-10,13-14,22-23,25-29,35-36H,8,11-12,15-21H2,1-6H3,(H,33,38)(H,34,37)/t23-,26?,27+,28+,29-/m1/s1. The van der Waals surface area contributed by atoms with Crippen molar-refractivity contribution in [3.63, 3.8) is 0 Å². The minimum Gasteiger partial charge on any atom is -0.390 e. The number of rotatable bonds is 15. The summed E-state index contributed by atoms with van der Waals surface area (Å²) in [7, 11) is -3.57. The van der Waals surface area contributed by atoms with Crippen molar-refractivity contribution in [3.05, 3.63) is 35.9 Å². The van der Waals surface area contributed by atoms with Crippen LogP contribution in [0.4, 0.5) is 0 Å². The SMILES string of the molecule is CC(C)C[C@H](O)[C@H](O)[C@H](CC1CCCCC1)NC(=O)[C@H](C)CNC(=O)C(Cc1ccccc1)CS(=O)(=O)C(C)(C)C. The van der Waals surface area contributed by atoms with Crippen molar-refractivity contribution in [2.45, 2.75) is 116 Å². The van der Waals surface area contributed by atoms with Crippen molar-refractivity contribution in [2.75, 3.05) is 12.3 Å². The average Bonchev–Trinajstić information content (AvgIpc) is 2.90. The highest BCUT2D eigenvalue weighted by Crippen LogP contribution is 2.29. The van der Waals surface area contributed by atoms with Crippen molar-refractivity contribution in [1.82, 2.24) is 10.6 Å². The first-order valence-corrected chi connectivity index (χ1v) is 17.0. The molecule has 9 heteroatoms. The Labute approximate surface area is 248 Å².